The molecule has 0 spiro atoms. The van der Waals surface area contributed by atoms with Crippen LogP contribution >= 0.6 is 35.7 Å². The number of carbonyl (C=O) groups excluding carboxylic acids is 1. The molecule has 1 aromatic rings. The van der Waals surface area contributed by atoms with Gasteiger partial charge in [0, 0.05) is 29.6 Å². The van der Waals surface area contributed by atoms with E-state index in [9.17, 15) is 4.79 Å². The lowest BCUT2D eigenvalue weighted by atomic mass is 10.1. The molecule has 0 aliphatic carbocycles. The molecule has 2 aliphatic heterocycles. The highest BCUT2D eigenvalue weighted by Gasteiger charge is 2.35. The van der Waals surface area contributed by atoms with Gasteiger partial charge in [0.25, 0.3) is 0 Å². The van der Waals surface area contributed by atoms with E-state index >= 15 is 0 Å². The number of ether oxygens (including phenoxy) is 1. The van der Waals surface area contributed by atoms with Gasteiger partial charge in [0.15, 0.2) is 0 Å². The van der Waals surface area contributed by atoms with Crippen LogP contribution in [0.4, 0.5) is 5.69 Å². The minimum absolute atomic E-state index is 0.131. The predicted molar refractivity (Wildman–Crippen MR) is 90.2 cm³/mol. The minimum atomic E-state index is -0.163. The molecule has 2 heterocycles. The van der Waals surface area contributed by atoms with Gasteiger partial charge in [-0.3, -0.25) is 4.79 Å². The fraction of sp³-hybridized carbons (Fsp3) is 0.286. The molecule has 1 saturated heterocycles. The van der Waals surface area contributed by atoms with Crippen molar-refractivity contribution in [2.75, 3.05) is 24.8 Å². The van der Waals surface area contributed by atoms with E-state index in [1.165, 1.54) is 7.11 Å². The first-order valence-electron chi connectivity index (χ1n) is 6.12. The number of esters is 1. The molecule has 1 aromatic carbocycles. The van der Waals surface area contributed by atoms with Crippen LogP contribution < -0.4 is 4.90 Å². The third-order valence-electron chi connectivity index (χ3n) is 3.34. The van der Waals surface area contributed by atoms with Crippen LogP contribution in [0.25, 0.3) is 5.57 Å². The minimum Gasteiger partial charge on any atom is -0.468 e. The summed E-state index contributed by atoms with van der Waals surface area (Å²) in [4.78, 5) is 14.5. The maximum Gasteiger partial charge on any atom is 0.320 e. The Morgan fingerprint density at radius 1 is 1.45 bits per heavy atom. The van der Waals surface area contributed by atoms with Crippen molar-refractivity contribution >= 4 is 58.0 Å². The molecule has 1 atom stereocenters. The highest BCUT2D eigenvalue weighted by Crippen LogP contribution is 2.50. The van der Waals surface area contributed by atoms with E-state index in [0.717, 1.165) is 31.8 Å². The Balaban J connectivity index is 2.01. The molecule has 0 bridgehead atoms. The molecular formula is C14H13NO2S3. The van der Waals surface area contributed by atoms with Gasteiger partial charge in [-0.2, -0.15) is 0 Å². The van der Waals surface area contributed by atoms with E-state index in [0.29, 0.717) is 0 Å². The molecule has 20 heavy (non-hydrogen) atoms. The molecule has 2 aliphatic rings. The van der Waals surface area contributed by atoms with Gasteiger partial charge >= 0.3 is 5.97 Å². The van der Waals surface area contributed by atoms with Gasteiger partial charge in [-0.05, 0) is 6.07 Å². The van der Waals surface area contributed by atoms with Crippen molar-refractivity contribution in [3.05, 3.63) is 34.1 Å². The summed E-state index contributed by atoms with van der Waals surface area (Å²) in [6, 6.07) is 8.18. The molecule has 3 rings (SSSR count). The Hall–Kier alpha value is -0.980. The Bertz CT molecular complexity index is 627. The van der Waals surface area contributed by atoms with E-state index in [1.54, 1.807) is 23.5 Å². The van der Waals surface area contributed by atoms with Gasteiger partial charge in [-0.15, -0.1) is 23.5 Å². The average Bonchev–Trinajstić information content (AvgIpc) is 3.04. The largest absolute Gasteiger partial charge is 0.468 e. The molecule has 0 amide bonds. The van der Waals surface area contributed by atoms with Crippen molar-refractivity contribution in [2.45, 2.75) is 5.25 Å². The van der Waals surface area contributed by atoms with Crippen LogP contribution in [0.5, 0.6) is 0 Å². The molecule has 1 fully saturated rings. The first-order chi connectivity index (χ1) is 9.63. The number of thioether (sulfide) groups is 2. The zero-order chi connectivity index (χ0) is 14.3. The van der Waals surface area contributed by atoms with Crippen molar-refractivity contribution in [1.82, 2.24) is 0 Å². The molecule has 0 aromatic heterocycles. The van der Waals surface area contributed by atoms with E-state index in [4.69, 9.17) is 17.0 Å². The van der Waals surface area contributed by atoms with Crippen molar-refractivity contribution in [2.24, 2.45) is 0 Å². The first-order valence-corrected chi connectivity index (χ1v) is 8.40. The Morgan fingerprint density at radius 2 is 2.20 bits per heavy atom. The van der Waals surface area contributed by atoms with E-state index in [1.807, 2.05) is 24.1 Å². The van der Waals surface area contributed by atoms with Crippen molar-refractivity contribution < 1.29 is 9.53 Å². The average molecular weight is 323 g/mol. The van der Waals surface area contributed by atoms with E-state index in [-0.39, 0.29) is 11.2 Å². The molecule has 0 N–H and O–H groups in total. The van der Waals surface area contributed by atoms with Crippen molar-refractivity contribution in [3.8, 4) is 0 Å². The molecule has 1 unspecified atom stereocenters. The van der Waals surface area contributed by atoms with Crippen molar-refractivity contribution in [1.29, 1.82) is 0 Å². The van der Waals surface area contributed by atoms with Gasteiger partial charge < -0.3 is 9.64 Å². The summed E-state index contributed by atoms with van der Waals surface area (Å²) in [5, 5.41) is -0.131. The number of fused-ring (bicyclic) bond motifs is 1. The number of likely N-dealkylation sites (N-methyl/N-ethyl adjacent to an activating group) is 1. The lowest BCUT2D eigenvalue weighted by molar-refractivity contribution is -0.139. The van der Waals surface area contributed by atoms with Gasteiger partial charge in [0.05, 0.1) is 11.3 Å². The number of carbonyl (C=O) groups is 1. The Morgan fingerprint density at radius 3 is 2.95 bits per heavy atom. The first kappa shape index (κ1) is 14.0. The molecule has 6 heteroatoms. The SMILES string of the molecule is COC(=O)C1CS/C(=C2/C(=S)N(C)c3ccccc32)S1. The summed E-state index contributed by atoms with van der Waals surface area (Å²) in [6.07, 6.45) is 0. The predicted octanol–water partition coefficient (Wildman–Crippen LogP) is 3.15. The van der Waals surface area contributed by atoms with Crippen LogP contribution in [-0.2, 0) is 9.53 Å². The monoisotopic (exact) mass is 323 g/mol. The maximum absolute atomic E-state index is 11.6. The number of hydrogen-bond donors (Lipinski definition) is 0. The number of nitrogens with zero attached hydrogens (tertiary/aromatic N) is 1. The number of thiocarbonyl (C=S) groups is 1. The van der Waals surface area contributed by atoms with E-state index in [2.05, 4.69) is 12.1 Å². The number of rotatable bonds is 1. The summed E-state index contributed by atoms with van der Waals surface area (Å²) in [5.74, 6) is 0.577. The fourth-order valence-electron chi connectivity index (χ4n) is 2.29. The number of methoxy groups -OCH3 is 1. The third-order valence-corrected chi connectivity index (χ3v) is 6.70. The highest BCUT2D eigenvalue weighted by molar-refractivity contribution is 8.26. The molecule has 0 radical (unpaired) electrons. The van der Waals surface area contributed by atoms with Crippen LogP contribution in [0.3, 0.4) is 0 Å². The number of benzene rings is 1. The molecular weight excluding hydrogens is 310 g/mol. The van der Waals surface area contributed by atoms with Crippen LogP contribution in [-0.4, -0.2) is 36.1 Å². The zero-order valence-corrected chi connectivity index (χ0v) is 13.5. The lowest BCUT2D eigenvalue weighted by Gasteiger charge is -2.11. The van der Waals surface area contributed by atoms with Crippen LogP contribution in [0.15, 0.2) is 28.5 Å². The maximum atomic E-state index is 11.6. The van der Waals surface area contributed by atoms with Gasteiger partial charge in [0.2, 0.25) is 0 Å². The Kier molecular flexibility index (Phi) is 3.79. The number of anilines is 1. The topological polar surface area (TPSA) is 29.5 Å². The third kappa shape index (κ3) is 2.16. The second-order valence-electron chi connectivity index (χ2n) is 4.48. The van der Waals surface area contributed by atoms with Crippen molar-refractivity contribution in [3.63, 3.8) is 0 Å². The van der Waals surface area contributed by atoms with Gasteiger partial charge in [-0.1, -0.05) is 30.4 Å². The fourth-order valence-corrected chi connectivity index (χ4v) is 5.60. The summed E-state index contributed by atoms with van der Waals surface area (Å²) in [6.45, 7) is 0. The zero-order valence-electron chi connectivity index (χ0n) is 11.1. The smallest absolute Gasteiger partial charge is 0.320 e. The summed E-state index contributed by atoms with van der Waals surface area (Å²) >= 11 is 8.82. The number of para-hydroxylation sites is 1. The molecule has 104 valence electrons. The Labute approximate surface area is 131 Å². The molecule has 3 nitrogen and oxygen atoms in total. The van der Waals surface area contributed by atoms with Crippen LogP contribution in [0.1, 0.15) is 5.56 Å². The summed E-state index contributed by atoms with van der Waals surface area (Å²) < 4.78 is 5.95. The second-order valence-corrected chi connectivity index (χ2v) is 7.37. The van der Waals surface area contributed by atoms with Gasteiger partial charge in [0.1, 0.15) is 10.2 Å². The summed E-state index contributed by atoms with van der Waals surface area (Å²) in [7, 11) is 3.42. The van der Waals surface area contributed by atoms with Gasteiger partial charge in [-0.25, -0.2) is 0 Å². The normalized spacial score (nSPS) is 25.0. The van der Waals surface area contributed by atoms with Crippen LogP contribution in [0, 0.1) is 0 Å². The second kappa shape index (κ2) is 5.42. The number of hydrogen-bond acceptors (Lipinski definition) is 5. The lowest BCUT2D eigenvalue weighted by Crippen LogP contribution is -2.19. The van der Waals surface area contributed by atoms with E-state index < -0.39 is 0 Å². The quantitative estimate of drug-likeness (QED) is 0.448. The van der Waals surface area contributed by atoms with Crippen LogP contribution in [0.2, 0.25) is 0 Å². The highest BCUT2D eigenvalue weighted by atomic mass is 32.2. The molecule has 0 saturated carbocycles. The standard InChI is InChI=1S/C14H13NO2S3/c1-15-9-6-4-3-5-8(9)11(12(15)18)14-19-7-10(20-14)13(16)17-2/h3-6,10H,7H2,1-2H3/b14-11-. The summed E-state index contributed by atoms with van der Waals surface area (Å²) in [5.41, 5.74) is 3.36.